The van der Waals surface area contributed by atoms with Crippen molar-refractivity contribution >= 4 is 22.7 Å². The standard InChI is InChI=1S/C22H24N4O3/c1-15-7-8-19-18(13-15)20(23-24(19)2)22(28)26-11-9-25(10-12-26)21(27)16-5-4-6-17(14-16)29-3/h4-8,13-14H,9-12H2,1-3H3. The van der Waals surface area contributed by atoms with Gasteiger partial charge in [-0.05, 0) is 37.3 Å². The second-order valence-electron chi connectivity index (χ2n) is 7.31. The number of nitrogens with zero attached hydrogens (tertiary/aromatic N) is 4. The smallest absolute Gasteiger partial charge is 0.275 e. The van der Waals surface area contributed by atoms with Gasteiger partial charge in [-0.15, -0.1) is 0 Å². The van der Waals surface area contributed by atoms with Gasteiger partial charge in [0.1, 0.15) is 5.75 Å². The zero-order valence-electron chi connectivity index (χ0n) is 16.9. The fourth-order valence-corrected chi connectivity index (χ4v) is 3.74. The van der Waals surface area contributed by atoms with Crippen LogP contribution < -0.4 is 4.74 Å². The van der Waals surface area contributed by atoms with Crippen LogP contribution in [0.25, 0.3) is 10.9 Å². The van der Waals surface area contributed by atoms with Crippen molar-refractivity contribution in [2.45, 2.75) is 6.92 Å². The highest BCUT2D eigenvalue weighted by Crippen LogP contribution is 2.22. The molecule has 0 bridgehead atoms. The Bertz CT molecular complexity index is 1080. The van der Waals surface area contributed by atoms with Gasteiger partial charge in [-0.2, -0.15) is 5.10 Å². The number of rotatable bonds is 3. The molecule has 1 aliphatic rings. The summed E-state index contributed by atoms with van der Waals surface area (Å²) < 4.78 is 6.94. The molecule has 150 valence electrons. The number of aryl methyl sites for hydroxylation is 2. The molecule has 0 N–H and O–H groups in total. The molecule has 0 saturated carbocycles. The summed E-state index contributed by atoms with van der Waals surface area (Å²) in [5.74, 6) is 0.520. The van der Waals surface area contributed by atoms with E-state index in [0.29, 0.717) is 43.2 Å². The van der Waals surface area contributed by atoms with Crippen molar-refractivity contribution in [3.8, 4) is 5.75 Å². The number of carbonyl (C=O) groups excluding carboxylic acids is 2. The van der Waals surface area contributed by atoms with E-state index in [-0.39, 0.29) is 11.8 Å². The highest BCUT2D eigenvalue weighted by molar-refractivity contribution is 6.05. The van der Waals surface area contributed by atoms with Crippen LogP contribution in [-0.4, -0.2) is 64.7 Å². The zero-order chi connectivity index (χ0) is 20.5. The number of piperazine rings is 1. The summed E-state index contributed by atoms with van der Waals surface area (Å²) in [5.41, 5.74) is 3.09. The Labute approximate surface area is 169 Å². The minimum absolute atomic E-state index is 0.0464. The van der Waals surface area contributed by atoms with Crippen molar-refractivity contribution in [1.29, 1.82) is 0 Å². The van der Waals surface area contributed by atoms with Gasteiger partial charge in [0.15, 0.2) is 5.69 Å². The lowest BCUT2D eigenvalue weighted by Crippen LogP contribution is -2.50. The molecule has 1 saturated heterocycles. The van der Waals surface area contributed by atoms with Crippen LogP contribution in [0.3, 0.4) is 0 Å². The summed E-state index contributed by atoms with van der Waals surface area (Å²) in [5, 5.41) is 5.33. The molecule has 4 rings (SSSR count). The van der Waals surface area contributed by atoms with E-state index >= 15 is 0 Å². The number of ether oxygens (including phenoxy) is 1. The molecule has 0 atom stereocenters. The van der Waals surface area contributed by atoms with E-state index in [1.54, 1.807) is 39.8 Å². The third kappa shape index (κ3) is 3.55. The normalized spacial score (nSPS) is 14.3. The molecule has 1 aromatic heterocycles. The van der Waals surface area contributed by atoms with E-state index in [4.69, 9.17) is 4.74 Å². The number of aromatic nitrogens is 2. The minimum atomic E-state index is -0.0883. The second-order valence-corrected chi connectivity index (χ2v) is 7.31. The molecule has 0 spiro atoms. The van der Waals surface area contributed by atoms with Crippen LogP contribution in [0.15, 0.2) is 42.5 Å². The van der Waals surface area contributed by atoms with Gasteiger partial charge in [0.2, 0.25) is 0 Å². The van der Waals surface area contributed by atoms with Gasteiger partial charge >= 0.3 is 0 Å². The van der Waals surface area contributed by atoms with Crippen molar-refractivity contribution < 1.29 is 14.3 Å². The highest BCUT2D eigenvalue weighted by atomic mass is 16.5. The van der Waals surface area contributed by atoms with E-state index < -0.39 is 0 Å². The van der Waals surface area contributed by atoms with Gasteiger partial charge < -0.3 is 14.5 Å². The molecule has 7 heteroatoms. The average molecular weight is 392 g/mol. The van der Waals surface area contributed by atoms with Crippen LogP contribution in [-0.2, 0) is 7.05 Å². The van der Waals surface area contributed by atoms with Gasteiger partial charge in [-0.25, -0.2) is 0 Å². The second kappa shape index (κ2) is 7.58. The Hall–Kier alpha value is -3.35. The van der Waals surface area contributed by atoms with Crippen LogP contribution in [0.1, 0.15) is 26.4 Å². The van der Waals surface area contributed by atoms with Crippen LogP contribution >= 0.6 is 0 Å². The van der Waals surface area contributed by atoms with Crippen molar-refractivity contribution in [3.05, 3.63) is 59.3 Å². The third-order valence-electron chi connectivity index (χ3n) is 5.38. The SMILES string of the molecule is COc1cccc(C(=O)N2CCN(C(=O)c3nn(C)c4ccc(C)cc34)CC2)c1. The Morgan fingerprint density at radius 3 is 2.34 bits per heavy atom. The van der Waals surface area contributed by atoms with E-state index in [1.165, 1.54) is 0 Å². The lowest BCUT2D eigenvalue weighted by molar-refractivity contribution is 0.0533. The number of carbonyl (C=O) groups is 2. The maximum atomic E-state index is 13.1. The molecule has 2 amide bonds. The number of methoxy groups -OCH3 is 1. The zero-order valence-corrected chi connectivity index (χ0v) is 16.9. The van der Waals surface area contributed by atoms with Crippen molar-refractivity contribution in [3.63, 3.8) is 0 Å². The first kappa shape index (κ1) is 19.0. The first-order valence-electron chi connectivity index (χ1n) is 9.64. The third-order valence-corrected chi connectivity index (χ3v) is 5.38. The average Bonchev–Trinajstić information content (AvgIpc) is 3.08. The maximum Gasteiger partial charge on any atom is 0.275 e. The number of benzene rings is 2. The van der Waals surface area contributed by atoms with Gasteiger partial charge in [-0.3, -0.25) is 14.3 Å². The first-order valence-corrected chi connectivity index (χ1v) is 9.64. The molecule has 29 heavy (non-hydrogen) atoms. The molecule has 0 radical (unpaired) electrons. The van der Waals surface area contributed by atoms with Gasteiger partial charge in [0.05, 0.1) is 12.6 Å². The molecule has 3 aromatic rings. The lowest BCUT2D eigenvalue weighted by Gasteiger charge is -2.34. The Morgan fingerprint density at radius 1 is 0.966 bits per heavy atom. The Morgan fingerprint density at radius 2 is 1.66 bits per heavy atom. The fraction of sp³-hybridized carbons (Fsp3) is 0.318. The van der Waals surface area contributed by atoms with Crippen LogP contribution in [0.2, 0.25) is 0 Å². The van der Waals surface area contributed by atoms with E-state index in [2.05, 4.69) is 5.10 Å². The summed E-state index contributed by atoms with van der Waals surface area (Å²) in [6.07, 6.45) is 0. The maximum absolute atomic E-state index is 13.1. The molecule has 0 unspecified atom stereocenters. The van der Waals surface area contributed by atoms with Gasteiger partial charge in [0.25, 0.3) is 11.8 Å². The fourth-order valence-electron chi connectivity index (χ4n) is 3.74. The summed E-state index contributed by atoms with van der Waals surface area (Å²) in [6, 6.07) is 13.1. The Kier molecular flexibility index (Phi) is 4.96. The molecule has 1 fully saturated rings. The molecule has 2 aromatic carbocycles. The monoisotopic (exact) mass is 392 g/mol. The molecule has 1 aliphatic heterocycles. The van der Waals surface area contributed by atoms with E-state index in [0.717, 1.165) is 16.5 Å². The number of hydrogen-bond donors (Lipinski definition) is 0. The van der Waals surface area contributed by atoms with Gasteiger partial charge in [-0.1, -0.05) is 17.7 Å². The Balaban J connectivity index is 1.48. The summed E-state index contributed by atoms with van der Waals surface area (Å²) >= 11 is 0. The molecular weight excluding hydrogens is 368 g/mol. The molecule has 2 heterocycles. The summed E-state index contributed by atoms with van der Waals surface area (Å²) in [4.78, 5) is 29.4. The highest BCUT2D eigenvalue weighted by Gasteiger charge is 2.28. The van der Waals surface area contributed by atoms with Gasteiger partial charge in [0, 0.05) is 44.2 Å². The largest absolute Gasteiger partial charge is 0.497 e. The molecular formula is C22H24N4O3. The van der Waals surface area contributed by atoms with Crippen LogP contribution in [0.5, 0.6) is 5.75 Å². The topological polar surface area (TPSA) is 67.7 Å². The summed E-state index contributed by atoms with van der Waals surface area (Å²) in [6.45, 7) is 3.96. The van der Waals surface area contributed by atoms with Crippen molar-refractivity contribution in [2.24, 2.45) is 7.05 Å². The van der Waals surface area contributed by atoms with Crippen molar-refractivity contribution in [1.82, 2.24) is 19.6 Å². The quantitative estimate of drug-likeness (QED) is 0.687. The number of amides is 2. The van der Waals surface area contributed by atoms with E-state index in [9.17, 15) is 9.59 Å². The predicted molar refractivity (Wildman–Crippen MR) is 110 cm³/mol. The number of hydrogen-bond acceptors (Lipinski definition) is 4. The first-order chi connectivity index (χ1) is 14.0. The summed E-state index contributed by atoms with van der Waals surface area (Å²) in [7, 11) is 3.43. The number of fused-ring (bicyclic) bond motifs is 1. The lowest BCUT2D eigenvalue weighted by atomic mass is 10.1. The van der Waals surface area contributed by atoms with Crippen LogP contribution in [0.4, 0.5) is 0 Å². The van der Waals surface area contributed by atoms with Crippen LogP contribution in [0, 0.1) is 6.92 Å². The molecule has 7 nitrogen and oxygen atoms in total. The van der Waals surface area contributed by atoms with E-state index in [1.807, 2.05) is 38.2 Å². The predicted octanol–water partition coefficient (Wildman–Crippen LogP) is 2.49. The van der Waals surface area contributed by atoms with Crippen molar-refractivity contribution in [2.75, 3.05) is 33.3 Å². The molecule has 0 aliphatic carbocycles. The minimum Gasteiger partial charge on any atom is -0.497 e.